The molecule has 2 rings (SSSR count). The fraction of sp³-hybridized carbons (Fsp3) is 1.00. The molecule has 18 heavy (non-hydrogen) atoms. The Morgan fingerprint density at radius 1 is 1.06 bits per heavy atom. The van der Waals surface area contributed by atoms with Crippen molar-refractivity contribution in [2.75, 3.05) is 25.0 Å². The number of hydrogen-bond acceptors (Lipinski definition) is 2. The summed E-state index contributed by atoms with van der Waals surface area (Å²) in [6.07, 6.45) is 7.65. The first-order valence-corrected chi connectivity index (χ1v) is 9.51. The Bertz CT molecular complexity index is 349. The molecule has 0 amide bonds. The third-order valence-electron chi connectivity index (χ3n) is 3.97. The smallest absolute Gasteiger partial charge is 0.195 e. The van der Waals surface area contributed by atoms with Crippen molar-refractivity contribution < 1.29 is 8.42 Å². The van der Waals surface area contributed by atoms with Crippen LogP contribution in [0.25, 0.3) is 0 Å². The van der Waals surface area contributed by atoms with Gasteiger partial charge in [0.1, 0.15) is 0 Å². The first kappa shape index (κ1) is 14.8. The molecule has 2 aliphatic rings. The molecule has 1 heterocycles. The molecule has 0 N–H and O–H groups in total. The number of halogens is 1. The Kier molecular flexibility index (Phi) is 5.47. The zero-order valence-corrected chi connectivity index (χ0v) is 13.3. The van der Waals surface area contributed by atoms with Gasteiger partial charge in [-0.3, -0.25) is 0 Å². The predicted octanol–water partition coefficient (Wildman–Crippen LogP) is 2.36. The molecule has 6 heteroatoms. The monoisotopic (exact) mass is 338 g/mol. The van der Waals surface area contributed by atoms with Crippen LogP contribution in [0, 0.1) is 0 Å². The highest BCUT2D eigenvalue weighted by molar-refractivity contribution is 9.09. The number of alkyl halides is 1. The topological polar surface area (TPSA) is 40.6 Å². The van der Waals surface area contributed by atoms with Gasteiger partial charge in [0.25, 0.3) is 10.2 Å². The van der Waals surface area contributed by atoms with Crippen LogP contribution in [0.15, 0.2) is 0 Å². The molecule has 1 aliphatic carbocycles. The molecule has 0 radical (unpaired) electrons. The lowest BCUT2D eigenvalue weighted by Crippen LogP contribution is -2.49. The second kappa shape index (κ2) is 6.68. The van der Waals surface area contributed by atoms with Crippen molar-refractivity contribution >= 4 is 26.1 Å². The van der Waals surface area contributed by atoms with Gasteiger partial charge < -0.3 is 0 Å². The molecule has 0 aromatic heterocycles. The molecule has 1 saturated carbocycles. The van der Waals surface area contributed by atoms with E-state index in [0.717, 1.165) is 31.0 Å². The zero-order chi connectivity index (χ0) is 13.0. The third-order valence-corrected chi connectivity index (χ3v) is 6.42. The minimum absolute atomic E-state index is 0.224. The van der Waals surface area contributed by atoms with Crippen molar-refractivity contribution in [2.45, 2.75) is 51.0 Å². The van der Waals surface area contributed by atoms with Crippen molar-refractivity contribution in [2.24, 2.45) is 0 Å². The largest absolute Gasteiger partial charge is 0.282 e. The van der Waals surface area contributed by atoms with Crippen LogP contribution >= 0.6 is 15.9 Å². The van der Waals surface area contributed by atoms with Crippen LogP contribution in [-0.2, 0) is 10.2 Å². The molecule has 0 aromatic carbocycles. The van der Waals surface area contributed by atoms with Crippen molar-refractivity contribution in [1.29, 1.82) is 0 Å². The molecular formula is C12H23BrN2O2S. The van der Waals surface area contributed by atoms with E-state index in [1.54, 1.807) is 8.61 Å². The molecule has 106 valence electrons. The average Bonchev–Trinajstić information content (AvgIpc) is 2.91. The summed E-state index contributed by atoms with van der Waals surface area (Å²) in [5.74, 6) is 0. The Morgan fingerprint density at radius 2 is 1.67 bits per heavy atom. The van der Waals surface area contributed by atoms with Gasteiger partial charge in [0.15, 0.2) is 0 Å². The first-order valence-electron chi connectivity index (χ1n) is 6.99. The summed E-state index contributed by atoms with van der Waals surface area (Å²) in [4.78, 5) is 0. The fourth-order valence-electron chi connectivity index (χ4n) is 3.01. The third kappa shape index (κ3) is 3.26. The summed E-state index contributed by atoms with van der Waals surface area (Å²) < 4.78 is 28.7. The normalized spacial score (nSPS) is 23.9. The van der Waals surface area contributed by atoms with Crippen LogP contribution < -0.4 is 0 Å². The maximum Gasteiger partial charge on any atom is 0.282 e. The maximum atomic E-state index is 12.7. The van der Waals surface area contributed by atoms with Crippen LogP contribution in [0.3, 0.4) is 0 Å². The van der Waals surface area contributed by atoms with E-state index < -0.39 is 10.2 Å². The Hall–Kier alpha value is 0.350. The van der Waals surface area contributed by atoms with Gasteiger partial charge in [0.2, 0.25) is 0 Å². The Morgan fingerprint density at radius 3 is 2.22 bits per heavy atom. The van der Waals surface area contributed by atoms with E-state index in [2.05, 4.69) is 15.9 Å². The van der Waals surface area contributed by atoms with Crippen LogP contribution in [0.4, 0.5) is 0 Å². The van der Waals surface area contributed by atoms with E-state index in [1.165, 1.54) is 19.3 Å². The van der Waals surface area contributed by atoms with Gasteiger partial charge in [-0.15, -0.1) is 0 Å². The lowest BCUT2D eigenvalue weighted by atomic mass is 9.95. The molecule has 1 saturated heterocycles. The molecule has 0 unspecified atom stereocenters. The van der Waals surface area contributed by atoms with E-state index in [-0.39, 0.29) is 6.04 Å². The van der Waals surface area contributed by atoms with Crippen LogP contribution in [-0.4, -0.2) is 48.0 Å². The molecule has 2 fully saturated rings. The molecule has 0 bridgehead atoms. The Balaban J connectivity index is 2.11. The van der Waals surface area contributed by atoms with E-state index in [9.17, 15) is 8.42 Å². The van der Waals surface area contributed by atoms with Gasteiger partial charge >= 0.3 is 0 Å². The summed E-state index contributed by atoms with van der Waals surface area (Å²) in [6.45, 7) is 2.01. The van der Waals surface area contributed by atoms with Crippen molar-refractivity contribution in [3.8, 4) is 0 Å². The fourth-order valence-corrected chi connectivity index (χ4v) is 5.55. The van der Waals surface area contributed by atoms with Gasteiger partial charge in [-0.1, -0.05) is 35.2 Å². The molecule has 0 atom stereocenters. The molecular weight excluding hydrogens is 316 g/mol. The van der Waals surface area contributed by atoms with E-state index in [4.69, 9.17) is 0 Å². The summed E-state index contributed by atoms with van der Waals surface area (Å²) >= 11 is 3.39. The minimum Gasteiger partial charge on any atom is -0.195 e. The van der Waals surface area contributed by atoms with Crippen molar-refractivity contribution in [3.05, 3.63) is 0 Å². The first-order chi connectivity index (χ1) is 8.66. The highest BCUT2D eigenvalue weighted by atomic mass is 79.9. The molecule has 4 nitrogen and oxygen atoms in total. The maximum absolute atomic E-state index is 12.7. The second-order valence-corrected chi connectivity index (χ2v) is 7.88. The average molecular weight is 339 g/mol. The lowest BCUT2D eigenvalue weighted by Gasteiger charge is -2.35. The summed E-state index contributed by atoms with van der Waals surface area (Å²) in [7, 11) is -3.23. The summed E-state index contributed by atoms with van der Waals surface area (Å²) in [6, 6.07) is 0.224. The highest BCUT2D eigenvalue weighted by Gasteiger charge is 2.36. The van der Waals surface area contributed by atoms with Crippen LogP contribution in [0.5, 0.6) is 0 Å². The molecule has 0 aromatic rings. The molecule has 0 spiro atoms. The van der Waals surface area contributed by atoms with Gasteiger partial charge in [-0.05, 0) is 25.7 Å². The van der Waals surface area contributed by atoms with E-state index >= 15 is 0 Å². The van der Waals surface area contributed by atoms with Crippen LogP contribution in [0.1, 0.15) is 44.9 Å². The van der Waals surface area contributed by atoms with Gasteiger partial charge in [0, 0.05) is 31.0 Å². The zero-order valence-electron chi connectivity index (χ0n) is 10.9. The minimum atomic E-state index is -3.23. The standard InChI is InChI=1S/C12H23BrN2O2S/c13-8-11-15(12-6-2-1-3-7-12)18(16,17)14-9-4-5-10-14/h12H,1-11H2. The summed E-state index contributed by atoms with van der Waals surface area (Å²) in [5.41, 5.74) is 0. The van der Waals surface area contributed by atoms with Crippen molar-refractivity contribution in [3.63, 3.8) is 0 Å². The molecule has 1 aliphatic heterocycles. The van der Waals surface area contributed by atoms with E-state index in [1.807, 2.05) is 0 Å². The second-order valence-electron chi connectivity index (χ2n) is 5.21. The van der Waals surface area contributed by atoms with E-state index in [0.29, 0.717) is 19.6 Å². The predicted molar refractivity (Wildman–Crippen MR) is 77.1 cm³/mol. The SMILES string of the molecule is O=S(=O)(N1CCCC1)N(CCBr)C1CCCCC1. The van der Waals surface area contributed by atoms with Gasteiger partial charge in [-0.25, -0.2) is 0 Å². The van der Waals surface area contributed by atoms with Gasteiger partial charge in [-0.2, -0.15) is 17.0 Å². The Labute approximate surface area is 119 Å². The quantitative estimate of drug-likeness (QED) is 0.722. The number of nitrogens with zero attached hydrogens (tertiary/aromatic N) is 2. The van der Waals surface area contributed by atoms with Gasteiger partial charge in [0.05, 0.1) is 0 Å². The highest BCUT2D eigenvalue weighted by Crippen LogP contribution is 2.27. The number of rotatable bonds is 5. The van der Waals surface area contributed by atoms with Crippen molar-refractivity contribution in [1.82, 2.24) is 8.61 Å². The lowest BCUT2D eigenvalue weighted by molar-refractivity contribution is 0.247. The van der Waals surface area contributed by atoms with Crippen LogP contribution in [0.2, 0.25) is 0 Å². The summed E-state index contributed by atoms with van der Waals surface area (Å²) in [5, 5.41) is 0.719. The number of hydrogen-bond donors (Lipinski definition) is 0.